The molecule has 0 spiro atoms. The van der Waals surface area contributed by atoms with Crippen molar-refractivity contribution in [1.29, 1.82) is 0 Å². The van der Waals surface area contributed by atoms with Gasteiger partial charge in [-0.25, -0.2) is 0 Å². The molecule has 6 heteroatoms. The van der Waals surface area contributed by atoms with Gasteiger partial charge >= 0.3 is 0 Å². The minimum absolute atomic E-state index is 0.00492. The molecule has 1 aliphatic carbocycles. The summed E-state index contributed by atoms with van der Waals surface area (Å²) in [5.41, 5.74) is 0. The number of carbonyl (C=O) groups excluding carboxylic acids is 3. The summed E-state index contributed by atoms with van der Waals surface area (Å²) >= 11 is 0. The lowest BCUT2D eigenvalue weighted by Crippen LogP contribution is -2.42. The summed E-state index contributed by atoms with van der Waals surface area (Å²) in [5, 5.41) is 20.2. The van der Waals surface area contributed by atoms with Crippen molar-refractivity contribution in [2.45, 2.75) is 59.0 Å². The van der Waals surface area contributed by atoms with E-state index in [0.717, 1.165) is 6.42 Å². The first-order chi connectivity index (χ1) is 10.8. The molecule has 0 unspecified atom stereocenters. The average molecular weight is 327 g/mol. The number of imide groups is 1. The Morgan fingerprint density at radius 2 is 1.65 bits per heavy atom. The van der Waals surface area contributed by atoms with Gasteiger partial charge in [-0.05, 0) is 38.0 Å². The summed E-state index contributed by atoms with van der Waals surface area (Å²) in [7, 11) is 0. The summed E-state index contributed by atoms with van der Waals surface area (Å²) in [6.45, 7) is 5.94. The molecule has 1 heterocycles. The normalized spacial score (nSPS) is 30.3. The fourth-order valence-corrected chi connectivity index (χ4v) is 3.60. The van der Waals surface area contributed by atoms with Crippen molar-refractivity contribution < 1.29 is 24.6 Å². The van der Waals surface area contributed by atoms with Crippen LogP contribution in [0.5, 0.6) is 0 Å². The third kappa shape index (κ3) is 6.03. The van der Waals surface area contributed by atoms with Crippen molar-refractivity contribution >= 4 is 17.6 Å². The number of carbonyl (C=O) groups is 3. The molecule has 0 bridgehead atoms. The Balaban J connectivity index is 0.000000816. The molecule has 0 radical (unpaired) electrons. The molecule has 2 fully saturated rings. The molecular formula is C17H29NO5. The first-order valence-electron chi connectivity index (χ1n) is 8.43. The van der Waals surface area contributed by atoms with E-state index in [-0.39, 0.29) is 54.8 Å². The molecular weight excluding hydrogens is 298 g/mol. The molecule has 6 nitrogen and oxygen atoms in total. The smallest absolute Gasteiger partial charge is 0.226 e. The number of nitrogens with one attached hydrogen (secondary N) is 1. The van der Waals surface area contributed by atoms with E-state index in [9.17, 15) is 19.5 Å². The molecule has 0 aromatic rings. The number of hydrogen-bond donors (Lipinski definition) is 3. The number of hydrogen-bond acceptors (Lipinski definition) is 5. The second-order valence-electron chi connectivity index (χ2n) is 6.85. The van der Waals surface area contributed by atoms with Crippen LogP contribution in [0.2, 0.25) is 0 Å². The number of amides is 2. The molecule has 132 valence electrons. The van der Waals surface area contributed by atoms with Crippen LogP contribution in [0.15, 0.2) is 0 Å². The first-order valence-corrected chi connectivity index (χ1v) is 8.43. The third-order valence-electron chi connectivity index (χ3n) is 4.53. The first kappa shape index (κ1) is 19.8. The van der Waals surface area contributed by atoms with E-state index < -0.39 is 6.10 Å². The van der Waals surface area contributed by atoms with Crippen LogP contribution in [0, 0.1) is 23.7 Å². The number of rotatable bonds is 3. The zero-order chi connectivity index (χ0) is 17.6. The van der Waals surface area contributed by atoms with Crippen molar-refractivity contribution in [2.24, 2.45) is 23.7 Å². The van der Waals surface area contributed by atoms with Crippen molar-refractivity contribution in [2.75, 3.05) is 6.61 Å². The van der Waals surface area contributed by atoms with Gasteiger partial charge in [0.2, 0.25) is 11.8 Å². The fraction of sp³-hybridized carbons (Fsp3) is 0.824. The molecule has 0 aromatic carbocycles. The lowest BCUT2D eigenvalue weighted by molar-refractivity contribution is -0.136. The van der Waals surface area contributed by atoms with E-state index in [2.05, 4.69) is 12.2 Å². The average Bonchev–Trinajstić information content (AvgIpc) is 2.42. The Kier molecular flexibility index (Phi) is 7.85. The molecule has 1 saturated carbocycles. The highest BCUT2D eigenvalue weighted by atomic mass is 16.3. The third-order valence-corrected chi connectivity index (χ3v) is 4.53. The predicted molar refractivity (Wildman–Crippen MR) is 85.3 cm³/mol. The van der Waals surface area contributed by atoms with Crippen LogP contribution >= 0.6 is 0 Å². The minimum Gasteiger partial charge on any atom is -0.397 e. The fourth-order valence-electron chi connectivity index (χ4n) is 3.60. The Morgan fingerprint density at radius 1 is 1.13 bits per heavy atom. The van der Waals surface area contributed by atoms with Gasteiger partial charge in [-0.3, -0.25) is 19.7 Å². The molecule has 23 heavy (non-hydrogen) atoms. The number of piperidine rings is 1. The predicted octanol–water partition coefficient (Wildman–Crippen LogP) is 1.04. The highest BCUT2D eigenvalue weighted by Gasteiger charge is 2.38. The van der Waals surface area contributed by atoms with Gasteiger partial charge in [0, 0.05) is 31.3 Å². The topological polar surface area (TPSA) is 104 Å². The van der Waals surface area contributed by atoms with Gasteiger partial charge in [-0.2, -0.15) is 0 Å². The maximum Gasteiger partial charge on any atom is 0.226 e. The summed E-state index contributed by atoms with van der Waals surface area (Å²) < 4.78 is 0. The van der Waals surface area contributed by atoms with Gasteiger partial charge in [0.15, 0.2) is 0 Å². The summed E-state index contributed by atoms with van der Waals surface area (Å²) in [4.78, 5) is 34.8. The zero-order valence-corrected chi connectivity index (χ0v) is 14.2. The van der Waals surface area contributed by atoms with Gasteiger partial charge < -0.3 is 10.2 Å². The molecule has 1 saturated heterocycles. The van der Waals surface area contributed by atoms with E-state index >= 15 is 0 Å². The number of Topliss-reactive ketones (excluding diaryl/α,β-unsaturated/α-hetero) is 1. The van der Waals surface area contributed by atoms with E-state index in [1.54, 1.807) is 6.92 Å². The quantitative estimate of drug-likeness (QED) is 0.672. The molecule has 2 rings (SSSR count). The van der Waals surface area contributed by atoms with Gasteiger partial charge in [0.25, 0.3) is 0 Å². The van der Waals surface area contributed by atoms with E-state index in [0.29, 0.717) is 18.8 Å². The van der Waals surface area contributed by atoms with E-state index in [4.69, 9.17) is 5.11 Å². The summed E-state index contributed by atoms with van der Waals surface area (Å²) in [5.74, 6) is -0.499. The number of aliphatic hydroxyl groups is 2. The molecule has 3 N–H and O–H groups in total. The van der Waals surface area contributed by atoms with Crippen molar-refractivity contribution in [3.63, 3.8) is 0 Å². The molecule has 2 aliphatic rings. The van der Waals surface area contributed by atoms with Crippen LogP contribution in [-0.4, -0.2) is 40.5 Å². The zero-order valence-electron chi connectivity index (χ0n) is 14.2. The van der Waals surface area contributed by atoms with Crippen LogP contribution in [0.4, 0.5) is 0 Å². The van der Waals surface area contributed by atoms with Crippen LogP contribution in [0.25, 0.3) is 0 Å². The van der Waals surface area contributed by atoms with Gasteiger partial charge in [-0.1, -0.05) is 13.8 Å². The van der Waals surface area contributed by atoms with Gasteiger partial charge in [0.1, 0.15) is 5.78 Å². The number of aliphatic hydroxyl groups excluding tert-OH is 2. The Bertz CT molecular complexity index is 421. The van der Waals surface area contributed by atoms with Crippen LogP contribution in [0.3, 0.4) is 0 Å². The maximum atomic E-state index is 12.2. The van der Waals surface area contributed by atoms with Crippen LogP contribution < -0.4 is 5.32 Å². The van der Waals surface area contributed by atoms with E-state index in [1.807, 2.05) is 6.92 Å². The SMILES string of the molecule is CCO.C[C@@H]1C[C@@H]([C@H](O)CC2CC(=O)NC(=O)C2)C(=O)[C@@H](C)C1. The monoisotopic (exact) mass is 327 g/mol. The van der Waals surface area contributed by atoms with Gasteiger partial charge in [0.05, 0.1) is 6.10 Å². The summed E-state index contributed by atoms with van der Waals surface area (Å²) in [6, 6.07) is 0. The molecule has 2 amide bonds. The minimum atomic E-state index is -0.739. The Labute approximate surface area is 137 Å². The van der Waals surface area contributed by atoms with Crippen molar-refractivity contribution in [1.82, 2.24) is 5.32 Å². The van der Waals surface area contributed by atoms with Gasteiger partial charge in [-0.15, -0.1) is 0 Å². The largest absolute Gasteiger partial charge is 0.397 e. The highest BCUT2D eigenvalue weighted by Crippen LogP contribution is 2.34. The van der Waals surface area contributed by atoms with Crippen LogP contribution in [-0.2, 0) is 14.4 Å². The van der Waals surface area contributed by atoms with E-state index in [1.165, 1.54) is 0 Å². The maximum absolute atomic E-state index is 12.2. The highest BCUT2D eigenvalue weighted by molar-refractivity contribution is 5.97. The van der Waals surface area contributed by atoms with Crippen LogP contribution in [0.1, 0.15) is 52.9 Å². The molecule has 1 aliphatic heterocycles. The Hall–Kier alpha value is -1.27. The lowest BCUT2D eigenvalue weighted by Gasteiger charge is -2.34. The molecule has 0 aromatic heterocycles. The van der Waals surface area contributed by atoms with Crippen molar-refractivity contribution in [3.8, 4) is 0 Å². The number of ketones is 1. The Morgan fingerprint density at radius 3 is 2.17 bits per heavy atom. The lowest BCUT2D eigenvalue weighted by atomic mass is 9.71. The second kappa shape index (κ2) is 9.13. The molecule has 4 atom stereocenters. The summed E-state index contributed by atoms with van der Waals surface area (Å²) in [6.07, 6.45) is 1.72. The van der Waals surface area contributed by atoms with Crippen molar-refractivity contribution in [3.05, 3.63) is 0 Å². The second-order valence-corrected chi connectivity index (χ2v) is 6.85. The standard InChI is InChI=1S/C15H23NO4.C2H6O/c1-8-3-9(2)15(20)11(4-8)12(17)5-10-6-13(18)16-14(19)7-10;1-2-3/h8-12,17H,3-7H2,1-2H3,(H,16,18,19);3H,2H2,1H3/t8-,9-,11-,12+;/m0./s1.